The Morgan fingerprint density at radius 2 is 1.88 bits per heavy atom. The zero-order chi connectivity index (χ0) is 12.1. The van der Waals surface area contributed by atoms with Crippen molar-refractivity contribution in [2.75, 3.05) is 13.1 Å². The molecule has 2 nitrogen and oxygen atoms in total. The van der Waals surface area contributed by atoms with E-state index in [-0.39, 0.29) is 6.17 Å². The zero-order valence-corrected chi connectivity index (χ0v) is 10.8. The number of nitrogens with two attached hydrogens (primary N) is 1. The van der Waals surface area contributed by atoms with Crippen LogP contribution in [0.3, 0.4) is 0 Å². The molecule has 1 aliphatic rings. The van der Waals surface area contributed by atoms with Gasteiger partial charge < -0.3 is 5.73 Å². The van der Waals surface area contributed by atoms with Crippen LogP contribution in [0.5, 0.6) is 0 Å². The van der Waals surface area contributed by atoms with Crippen LogP contribution < -0.4 is 5.73 Å². The Kier molecular flexibility index (Phi) is 4.57. The van der Waals surface area contributed by atoms with Gasteiger partial charge in [-0.3, -0.25) is 4.90 Å². The van der Waals surface area contributed by atoms with Crippen molar-refractivity contribution in [3.8, 4) is 0 Å². The van der Waals surface area contributed by atoms with Crippen LogP contribution in [0.25, 0.3) is 0 Å². The number of piperidine rings is 1. The van der Waals surface area contributed by atoms with Gasteiger partial charge in [-0.25, -0.2) is 0 Å². The molecule has 1 aromatic carbocycles. The van der Waals surface area contributed by atoms with E-state index in [0.29, 0.717) is 0 Å². The van der Waals surface area contributed by atoms with Gasteiger partial charge in [-0.15, -0.1) is 0 Å². The van der Waals surface area contributed by atoms with E-state index >= 15 is 0 Å². The normalized spacial score (nSPS) is 20.4. The molecule has 0 amide bonds. The molecule has 17 heavy (non-hydrogen) atoms. The lowest BCUT2D eigenvalue weighted by molar-refractivity contribution is 0.140. The summed E-state index contributed by atoms with van der Waals surface area (Å²) in [7, 11) is 0. The largest absolute Gasteiger partial charge is 0.316 e. The smallest absolute Gasteiger partial charge is 0.0542 e. The van der Waals surface area contributed by atoms with E-state index in [4.69, 9.17) is 5.73 Å². The van der Waals surface area contributed by atoms with Crippen molar-refractivity contribution < 1.29 is 0 Å². The van der Waals surface area contributed by atoms with Gasteiger partial charge in [0.1, 0.15) is 0 Å². The first-order valence-electron chi connectivity index (χ1n) is 6.79. The molecule has 1 saturated heterocycles. The molecular weight excluding hydrogens is 208 g/mol. The van der Waals surface area contributed by atoms with Crippen molar-refractivity contribution in [3.05, 3.63) is 35.9 Å². The fourth-order valence-electron chi connectivity index (χ4n) is 2.66. The molecule has 1 aromatic rings. The second-order valence-corrected chi connectivity index (χ2v) is 5.24. The third kappa shape index (κ3) is 3.83. The average molecular weight is 232 g/mol. The molecule has 0 aliphatic carbocycles. The minimum absolute atomic E-state index is 0.227. The molecule has 94 valence electrons. The van der Waals surface area contributed by atoms with Crippen molar-refractivity contribution in [3.63, 3.8) is 0 Å². The molecule has 2 rings (SSSR count). The average Bonchev–Trinajstić information content (AvgIpc) is 2.38. The number of hydrogen-bond donors (Lipinski definition) is 1. The first-order valence-corrected chi connectivity index (χ1v) is 6.79. The third-order valence-corrected chi connectivity index (χ3v) is 3.91. The molecule has 0 spiro atoms. The Balaban J connectivity index is 1.72. The van der Waals surface area contributed by atoms with E-state index in [1.165, 1.54) is 44.3 Å². The number of benzene rings is 1. The summed E-state index contributed by atoms with van der Waals surface area (Å²) >= 11 is 0. The molecule has 1 fully saturated rings. The van der Waals surface area contributed by atoms with Gasteiger partial charge >= 0.3 is 0 Å². The Hall–Kier alpha value is -0.860. The molecule has 1 unspecified atom stereocenters. The Labute approximate surface area is 105 Å². The van der Waals surface area contributed by atoms with Crippen LogP contribution in [-0.4, -0.2) is 24.2 Å². The molecule has 1 atom stereocenters. The fraction of sp³-hybridized carbons (Fsp3) is 0.600. The summed E-state index contributed by atoms with van der Waals surface area (Å²) < 4.78 is 0. The maximum atomic E-state index is 5.90. The summed E-state index contributed by atoms with van der Waals surface area (Å²) in [5.41, 5.74) is 7.38. The van der Waals surface area contributed by atoms with Crippen LogP contribution in [0, 0.1) is 5.92 Å². The SMILES string of the molecule is CC(N)N1CCC(CCc2ccccc2)CC1. The molecule has 1 aliphatic heterocycles. The lowest BCUT2D eigenvalue weighted by Gasteiger charge is -2.34. The minimum Gasteiger partial charge on any atom is -0.316 e. The highest BCUT2D eigenvalue weighted by molar-refractivity contribution is 5.14. The summed E-state index contributed by atoms with van der Waals surface area (Å²) in [6.07, 6.45) is 5.41. The van der Waals surface area contributed by atoms with Gasteiger partial charge in [-0.05, 0) is 57.2 Å². The molecule has 2 heteroatoms. The molecular formula is C15H24N2. The molecule has 0 aromatic heterocycles. The van der Waals surface area contributed by atoms with Gasteiger partial charge in [0.2, 0.25) is 0 Å². The summed E-state index contributed by atoms with van der Waals surface area (Å²) in [5, 5.41) is 0. The van der Waals surface area contributed by atoms with E-state index in [1.807, 2.05) is 0 Å². The number of likely N-dealkylation sites (tertiary alicyclic amines) is 1. The lowest BCUT2D eigenvalue weighted by Crippen LogP contribution is -2.44. The summed E-state index contributed by atoms with van der Waals surface area (Å²) in [4.78, 5) is 2.39. The fourth-order valence-corrected chi connectivity index (χ4v) is 2.66. The standard InChI is InChI=1S/C15H24N2/c1-13(16)17-11-9-15(10-12-17)8-7-14-5-3-2-4-6-14/h2-6,13,15H,7-12,16H2,1H3. The molecule has 1 heterocycles. The van der Waals surface area contributed by atoms with Crippen LogP contribution in [-0.2, 0) is 6.42 Å². The van der Waals surface area contributed by atoms with Crippen LogP contribution in [0.4, 0.5) is 0 Å². The summed E-state index contributed by atoms with van der Waals surface area (Å²) in [6.45, 7) is 4.44. The van der Waals surface area contributed by atoms with E-state index in [9.17, 15) is 0 Å². The molecule has 0 bridgehead atoms. The molecule has 0 radical (unpaired) electrons. The molecule has 2 N–H and O–H groups in total. The van der Waals surface area contributed by atoms with Crippen LogP contribution in [0.2, 0.25) is 0 Å². The van der Waals surface area contributed by atoms with Crippen molar-refractivity contribution in [1.82, 2.24) is 4.90 Å². The van der Waals surface area contributed by atoms with Crippen LogP contribution in [0.15, 0.2) is 30.3 Å². The maximum Gasteiger partial charge on any atom is 0.0542 e. The van der Waals surface area contributed by atoms with Gasteiger partial charge in [0.25, 0.3) is 0 Å². The van der Waals surface area contributed by atoms with Gasteiger partial charge in [0.15, 0.2) is 0 Å². The van der Waals surface area contributed by atoms with Crippen LogP contribution >= 0.6 is 0 Å². The molecule has 0 saturated carbocycles. The maximum absolute atomic E-state index is 5.90. The quantitative estimate of drug-likeness (QED) is 0.864. The van der Waals surface area contributed by atoms with Crippen LogP contribution in [0.1, 0.15) is 31.7 Å². The second-order valence-electron chi connectivity index (χ2n) is 5.24. The summed E-state index contributed by atoms with van der Waals surface area (Å²) in [6, 6.07) is 10.8. The first-order chi connectivity index (χ1) is 8.25. The predicted molar refractivity (Wildman–Crippen MR) is 72.7 cm³/mol. The highest BCUT2D eigenvalue weighted by Gasteiger charge is 2.20. The predicted octanol–water partition coefficient (Wildman–Crippen LogP) is 2.64. The van der Waals surface area contributed by atoms with Crippen molar-refractivity contribution >= 4 is 0 Å². The van der Waals surface area contributed by atoms with Gasteiger partial charge in [-0.2, -0.15) is 0 Å². The van der Waals surface area contributed by atoms with Gasteiger partial charge in [0, 0.05) is 0 Å². The minimum atomic E-state index is 0.227. The van der Waals surface area contributed by atoms with E-state index < -0.39 is 0 Å². The third-order valence-electron chi connectivity index (χ3n) is 3.91. The Bertz CT molecular complexity index is 313. The summed E-state index contributed by atoms with van der Waals surface area (Å²) in [5.74, 6) is 0.894. The van der Waals surface area contributed by atoms with Crippen molar-refractivity contribution in [2.45, 2.75) is 38.8 Å². The van der Waals surface area contributed by atoms with E-state index in [0.717, 1.165) is 5.92 Å². The van der Waals surface area contributed by atoms with E-state index in [1.54, 1.807) is 0 Å². The monoisotopic (exact) mass is 232 g/mol. The van der Waals surface area contributed by atoms with Crippen molar-refractivity contribution in [1.29, 1.82) is 0 Å². The van der Waals surface area contributed by atoms with E-state index in [2.05, 4.69) is 42.2 Å². The highest BCUT2D eigenvalue weighted by atomic mass is 15.2. The number of nitrogens with zero attached hydrogens (tertiary/aromatic N) is 1. The topological polar surface area (TPSA) is 29.3 Å². The van der Waals surface area contributed by atoms with Crippen molar-refractivity contribution in [2.24, 2.45) is 11.7 Å². The number of hydrogen-bond acceptors (Lipinski definition) is 2. The zero-order valence-electron chi connectivity index (χ0n) is 10.8. The second kappa shape index (κ2) is 6.18. The van der Waals surface area contributed by atoms with Gasteiger partial charge in [0.05, 0.1) is 6.17 Å². The highest BCUT2D eigenvalue weighted by Crippen LogP contribution is 2.22. The Morgan fingerprint density at radius 1 is 1.24 bits per heavy atom. The number of aryl methyl sites for hydroxylation is 1. The van der Waals surface area contributed by atoms with Gasteiger partial charge in [-0.1, -0.05) is 30.3 Å². The lowest BCUT2D eigenvalue weighted by atomic mass is 9.90. The first kappa shape index (κ1) is 12.6. The Morgan fingerprint density at radius 3 is 2.47 bits per heavy atom. The number of rotatable bonds is 4.